The van der Waals surface area contributed by atoms with Crippen molar-refractivity contribution in [3.05, 3.63) is 30.2 Å². The summed E-state index contributed by atoms with van der Waals surface area (Å²) in [6.45, 7) is 12.4. The van der Waals surface area contributed by atoms with Crippen LogP contribution in [0.3, 0.4) is 0 Å². The summed E-state index contributed by atoms with van der Waals surface area (Å²) >= 11 is 1.46. The summed E-state index contributed by atoms with van der Waals surface area (Å²) in [6.07, 6.45) is 2.34. The molecule has 2 aromatic rings. The van der Waals surface area contributed by atoms with E-state index < -0.39 is 9.84 Å². The van der Waals surface area contributed by atoms with Gasteiger partial charge < -0.3 is 9.09 Å². The summed E-state index contributed by atoms with van der Waals surface area (Å²) < 4.78 is 31.0. The molecule has 3 heterocycles. The minimum atomic E-state index is -2.99. The van der Waals surface area contributed by atoms with Crippen molar-refractivity contribution < 1.29 is 12.9 Å². The van der Waals surface area contributed by atoms with E-state index in [9.17, 15) is 8.42 Å². The summed E-state index contributed by atoms with van der Waals surface area (Å²) in [5.74, 6) is 2.10. The molecule has 0 aliphatic carbocycles. The largest absolute Gasteiger partial charge is 0.338 e. The fraction of sp³-hybridized carbons (Fsp3) is 0.647. The van der Waals surface area contributed by atoms with Crippen LogP contribution >= 0.6 is 11.8 Å². The van der Waals surface area contributed by atoms with E-state index >= 15 is 0 Å². The standard InChI is InChI=1S/C17H25N5O3S2/c1-6-8-22-13(12-7-9-27(23,24)10-12)19-20-16(22)26-11(2)14-18-15(21-25-14)17(3,4)5/h6,11-12H,1,7-10H2,2-5H3/t11-,12+/m1/s1. The Bertz CT molecular complexity index is 927. The first-order chi connectivity index (χ1) is 12.6. The molecule has 0 amide bonds. The highest BCUT2D eigenvalue weighted by molar-refractivity contribution is 7.99. The first-order valence-corrected chi connectivity index (χ1v) is 11.6. The number of aromatic nitrogens is 5. The maximum absolute atomic E-state index is 11.8. The maximum Gasteiger partial charge on any atom is 0.239 e. The van der Waals surface area contributed by atoms with Gasteiger partial charge in [0.2, 0.25) is 5.89 Å². The van der Waals surface area contributed by atoms with Gasteiger partial charge in [0.05, 0.1) is 16.8 Å². The topological polar surface area (TPSA) is 104 Å². The Morgan fingerprint density at radius 3 is 2.70 bits per heavy atom. The van der Waals surface area contributed by atoms with E-state index in [0.717, 1.165) is 0 Å². The van der Waals surface area contributed by atoms with Crippen molar-refractivity contribution >= 4 is 21.6 Å². The SMILES string of the molecule is C=CCn1c(S[C@H](C)c2nc(C(C)(C)C)no2)nnc1[C@H]1CCS(=O)(=O)C1. The minimum Gasteiger partial charge on any atom is -0.338 e. The molecule has 148 valence electrons. The van der Waals surface area contributed by atoms with Gasteiger partial charge in [-0.3, -0.25) is 0 Å². The molecule has 2 atom stereocenters. The van der Waals surface area contributed by atoms with E-state index in [1.54, 1.807) is 6.08 Å². The number of nitrogens with zero attached hydrogens (tertiary/aromatic N) is 5. The number of sulfone groups is 1. The van der Waals surface area contributed by atoms with Crippen LogP contribution < -0.4 is 0 Å². The summed E-state index contributed by atoms with van der Waals surface area (Å²) in [5, 5.41) is 13.2. The van der Waals surface area contributed by atoms with E-state index in [0.29, 0.717) is 35.7 Å². The number of hydrogen-bond donors (Lipinski definition) is 0. The van der Waals surface area contributed by atoms with Gasteiger partial charge in [-0.15, -0.1) is 16.8 Å². The Morgan fingerprint density at radius 1 is 1.41 bits per heavy atom. The number of rotatable bonds is 6. The molecule has 1 fully saturated rings. The van der Waals surface area contributed by atoms with Gasteiger partial charge in [-0.1, -0.05) is 43.8 Å². The average Bonchev–Trinajstić information content (AvgIpc) is 3.26. The second-order valence-corrected chi connectivity index (χ2v) is 11.3. The molecule has 0 saturated carbocycles. The lowest BCUT2D eigenvalue weighted by molar-refractivity contribution is 0.364. The van der Waals surface area contributed by atoms with Crippen LogP contribution in [0.4, 0.5) is 0 Å². The van der Waals surface area contributed by atoms with E-state index in [1.165, 1.54) is 11.8 Å². The van der Waals surface area contributed by atoms with Crippen LogP contribution in [-0.4, -0.2) is 44.8 Å². The second-order valence-electron chi connectivity index (χ2n) is 7.81. The van der Waals surface area contributed by atoms with Crippen LogP contribution in [-0.2, 0) is 21.8 Å². The molecule has 0 bridgehead atoms. The molecule has 0 unspecified atom stereocenters. The molecule has 8 nitrogen and oxygen atoms in total. The van der Waals surface area contributed by atoms with E-state index in [2.05, 4.69) is 26.9 Å². The molecule has 0 N–H and O–H groups in total. The lowest BCUT2D eigenvalue weighted by Crippen LogP contribution is -2.13. The third-order valence-corrected chi connectivity index (χ3v) is 7.23. The monoisotopic (exact) mass is 411 g/mol. The molecule has 2 aromatic heterocycles. The summed E-state index contributed by atoms with van der Waals surface area (Å²) in [7, 11) is -2.99. The maximum atomic E-state index is 11.8. The van der Waals surface area contributed by atoms with Gasteiger partial charge in [-0.05, 0) is 13.3 Å². The van der Waals surface area contributed by atoms with Gasteiger partial charge in [0.15, 0.2) is 20.8 Å². The Morgan fingerprint density at radius 2 is 2.15 bits per heavy atom. The minimum absolute atomic E-state index is 0.110. The quantitative estimate of drug-likeness (QED) is 0.528. The van der Waals surface area contributed by atoms with Crippen molar-refractivity contribution in [2.75, 3.05) is 11.5 Å². The smallest absolute Gasteiger partial charge is 0.239 e. The molecule has 1 aliphatic rings. The van der Waals surface area contributed by atoms with E-state index in [4.69, 9.17) is 4.52 Å². The van der Waals surface area contributed by atoms with Crippen LogP contribution in [0.1, 0.15) is 62.8 Å². The predicted octanol–water partition coefficient (Wildman–Crippen LogP) is 2.90. The normalized spacial score (nSPS) is 20.7. The van der Waals surface area contributed by atoms with Gasteiger partial charge in [0.25, 0.3) is 0 Å². The van der Waals surface area contributed by atoms with Crippen molar-refractivity contribution in [3.8, 4) is 0 Å². The van der Waals surface area contributed by atoms with Crippen molar-refractivity contribution in [1.82, 2.24) is 24.9 Å². The van der Waals surface area contributed by atoms with Gasteiger partial charge in [-0.2, -0.15) is 4.98 Å². The predicted molar refractivity (Wildman–Crippen MR) is 104 cm³/mol. The van der Waals surface area contributed by atoms with E-state index in [-0.39, 0.29) is 28.1 Å². The Labute approximate surface area is 163 Å². The molecular weight excluding hydrogens is 386 g/mol. The highest BCUT2D eigenvalue weighted by Crippen LogP contribution is 2.36. The van der Waals surface area contributed by atoms with Gasteiger partial charge in [0.1, 0.15) is 5.82 Å². The fourth-order valence-corrected chi connectivity index (χ4v) is 5.54. The van der Waals surface area contributed by atoms with Crippen LogP contribution in [0.25, 0.3) is 0 Å². The van der Waals surface area contributed by atoms with E-state index in [1.807, 2.05) is 32.3 Å². The molecule has 1 saturated heterocycles. The average molecular weight is 412 g/mol. The number of hydrogen-bond acceptors (Lipinski definition) is 8. The van der Waals surface area contributed by atoms with Gasteiger partial charge in [-0.25, -0.2) is 8.42 Å². The third-order valence-electron chi connectivity index (χ3n) is 4.40. The Balaban J connectivity index is 1.82. The Kier molecular flexibility index (Phi) is 5.49. The Hall–Kier alpha value is -1.68. The highest BCUT2D eigenvalue weighted by Gasteiger charge is 2.33. The summed E-state index contributed by atoms with van der Waals surface area (Å²) in [4.78, 5) is 4.50. The zero-order chi connectivity index (χ0) is 19.8. The summed E-state index contributed by atoms with van der Waals surface area (Å²) in [6, 6.07) is 0. The van der Waals surface area contributed by atoms with Crippen LogP contribution in [0, 0.1) is 0 Å². The molecule has 10 heteroatoms. The zero-order valence-electron chi connectivity index (χ0n) is 16.0. The molecule has 0 aromatic carbocycles. The first kappa shape index (κ1) is 20.1. The lowest BCUT2D eigenvalue weighted by atomic mass is 9.96. The highest BCUT2D eigenvalue weighted by atomic mass is 32.2. The van der Waals surface area contributed by atoms with Crippen LogP contribution in [0.15, 0.2) is 22.3 Å². The first-order valence-electron chi connectivity index (χ1n) is 8.86. The molecule has 0 radical (unpaired) electrons. The zero-order valence-corrected chi connectivity index (χ0v) is 17.7. The van der Waals surface area contributed by atoms with Gasteiger partial charge in [0, 0.05) is 17.9 Å². The van der Waals surface area contributed by atoms with Crippen molar-refractivity contribution in [2.45, 2.75) is 62.4 Å². The van der Waals surface area contributed by atoms with Crippen molar-refractivity contribution in [2.24, 2.45) is 0 Å². The molecule has 27 heavy (non-hydrogen) atoms. The van der Waals surface area contributed by atoms with Gasteiger partial charge >= 0.3 is 0 Å². The molecule has 0 spiro atoms. The third kappa shape index (κ3) is 4.43. The molecular formula is C17H25N5O3S2. The number of thioether (sulfide) groups is 1. The van der Waals surface area contributed by atoms with Crippen LogP contribution in [0.2, 0.25) is 0 Å². The summed E-state index contributed by atoms with van der Waals surface area (Å²) in [5.41, 5.74) is -0.184. The molecule has 1 aliphatic heterocycles. The van der Waals surface area contributed by atoms with Crippen LogP contribution in [0.5, 0.6) is 0 Å². The second kappa shape index (κ2) is 7.38. The molecule has 3 rings (SSSR count). The lowest BCUT2D eigenvalue weighted by Gasteiger charge is -2.13. The fourth-order valence-electron chi connectivity index (χ4n) is 2.90. The van der Waals surface area contributed by atoms with Crippen molar-refractivity contribution in [3.63, 3.8) is 0 Å². The number of allylic oxidation sites excluding steroid dienone is 1. The van der Waals surface area contributed by atoms with Crippen molar-refractivity contribution in [1.29, 1.82) is 0 Å².